The number of likely N-dealkylation sites (N-methyl/N-ethyl adjacent to an activating group) is 1. The minimum atomic E-state index is -0.467. The second kappa shape index (κ2) is 8.19. The van der Waals surface area contributed by atoms with E-state index >= 15 is 0 Å². The maximum atomic E-state index is 14.9. The lowest BCUT2D eigenvalue weighted by atomic mass is 10.1. The SMILES string of the molecule is Cc1nc2ccccc2n1Cc1ccc(C(=O)N(C)[C@@H]2CCN(C(C)C)C2)c(F)c1. The third-order valence-electron chi connectivity index (χ3n) is 6.24. The zero-order valence-corrected chi connectivity index (χ0v) is 18.1. The Morgan fingerprint density at radius 1 is 1.27 bits per heavy atom. The van der Waals surface area contributed by atoms with E-state index in [4.69, 9.17) is 0 Å². The summed E-state index contributed by atoms with van der Waals surface area (Å²) in [6, 6.07) is 13.4. The normalized spacial score (nSPS) is 17.2. The fourth-order valence-electron chi connectivity index (χ4n) is 4.32. The summed E-state index contributed by atoms with van der Waals surface area (Å²) in [5.74, 6) is 0.163. The van der Waals surface area contributed by atoms with Crippen molar-refractivity contribution >= 4 is 16.9 Å². The molecule has 3 aromatic rings. The average Bonchev–Trinajstić information content (AvgIpc) is 3.33. The van der Waals surface area contributed by atoms with Gasteiger partial charge in [-0.15, -0.1) is 0 Å². The van der Waals surface area contributed by atoms with Crippen LogP contribution in [0.25, 0.3) is 11.0 Å². The maximum Gasteiger partial charge on any atom is 0.256 e. The van der Waals surface area contributed by atoms with E-state index in [1.165, 1.54) is 6.07 Å². The number of imidazole rings is 1. The average molecular weight is 409 g/mol. The van der Waals surface area contributed by atoms with Gasteiger partial charge in [-0.1, -0.05) is 18.2 Å². The first-order valence-electron chi connectivity index (χ1n) is 10.6. The van der Waals surface area contributed by atoms with Gasteiger partial charge in [0.15, 0.2) is 0 Å². The fourth-order valence-corrected chi connectivity index (χ4v) is 4.32. The Hall–Kier alpha value is -2.73. The van der Waals surface area contributed by atoms with E-state index in [0.29, 0.717) is 12.6 Å². The molecule has 2 heterocycles. The number of benzene rings is 2. The highest BCUT2D eigenvalue weighted by Crippen LogP contribution is 2.22. The van der Waals surface area contributed by atoms with E-state index in [1.807, 2.05) is 37.3 Å². The molecular formula is C24H29FN4O. The lowest BCUT2D eigenvalue weighted by Gasteiger charge is -2.26. The molecule has 4 rings (SSSR count). The number of hydrogen-bond donors (Lipinski definition) is 0. The molecule has 1 saturated heterocycles. The first-order valence-corrected chi connectivity index (χ1v) is 10.6. The Kier molecular flexibility index (Phi) is 5.60. The van der Waals surface area contributed by atoms with Crippen molar-refractivity contribution in [1.29, 1.82) is 0 Å². The molecule has 0 radical (unpaired) electrons. The summed E-state index contributed by atoms with van der Waals surface area (Å²) >= 11 is 0. The van der Waals surface area contributed by atoms with Gasteiger partial charge in [0.05, 0.1) is 16.6 Å². The topological polar surface area (TPSA) is 41.4 Å². The summed E-state index contributed by atoms with van der Waals surface area (Å²) in [5, 5.41) is 0. The number of halogens is 1. The van der Waals surface area contributed by atoms with Crippen molar-refractivity contribution in [1.82, 2.24) is 19.4 Å². The predicted molar refractivity (Wildman–Crippen MR) is 117 cm³/mol. The third kappa shape index (κ3) is 3.84. The summed E-state index contributed by atoms with van der Waals surface area (Å²) < 4.78 is 17.0. The van der Waals surface area contributed by atoms with Gasteiger partial charge in [0, 0.05) is 38.8 Å². The summed E-state index contributed by atoms with van der Waals surface area (Å²) in [6.07, 6.45) is 0.924. The van der Waals surface area contributed by atoms with Crippen molar-refractivity contribution in [3.05, 3.63) is 65.2 Å². The van der Waals surface area contributed by atoms with Crippen LogP contribution in [0.1, 0.15) is 42.0 Å². The summed E-state index contributed by atoms with van der Waals surface area (Å²) in [7, 11) is 1.78. The van der Waals surface area contributed by atoms with Crippen molar-refractivity contribution in [2.45, 2.75) is 45.8 Å². The Bertz CT molecular complexity index is 1070. The van der Waals surface area contributed by atoms with Crippen molar-refractivity contribution in [3.8, 4) is 0 Å². The van der Waals surface area contributed by atoms with E-state index in [1.54, 1.807) is 18.0 Å². The highest BCUT2D eigenvalue weighted by Gasteiger charge is 2.30. The quantitative estimate of drug-likeness (QED) is 0.639. The maximum absolute atomic E-state index is 14.9. The molecule has 6 heteroatoms. The van der Waals surface area contributed by atoms with Gasteiger partial charge in [0.25, 0.3) is 5.91 Å². The zero-order valence-electron chi connectivity index (χ0n) is 18.1. The molecule has 1 aliphatic heterocycles. The minimum absolute atomic E-state index is 0.124. The van der Waals surface area contributed by atoms with Crippen LogP contribution in [0.3, 0.4) is 0 Å². The number of fused-ring (bicyclic) bond motifs is 1. The number of likely N-dealkylation sites (tertiary alicyclic amines) is 1. The first-order chi connectivity index (χ1) is 14.3. The number of carbonyl (C=O) groups excluding carboxylic acids is 1. The molecule has 30 heavy (non-hydrogen) atoms. The van der Waals surface area contributed by atoms with Crippen molar-refractivity contribution in [2.75, 3.05) is 20.1 Å². The van der Waals surface area contributed by atoms with Gasteiger partial charge in [-0.3, -0.25) is 9.69 Å². The van der Waals surface area contributed by atoms with Crippen LogP contribution >= 0.6 is 0 Å². The minimum Gasteiger partial charge on any atom is -0.337 e. The largest absolute Gasteiger partial charge is 0.337 e. The van der Waals surface area contributed by atoms with Crippen molar-refractivity contribution < 1.29 is 9.18 Å². The van der Waals surface area contributed by atoms with Gasteiger partial charge in [-0.2, -0.15) is 0 Å². The molecular weight excluding hydrogens is 379 g/mol. The molecule has 2 aromatic carbocycles. The van der Waals surface area contributed by atoms with Crippen molar-refractivity contribution in [3.63, 3.8) is 0 Å². The van der Waals surface area contributed by atoms with Gasteiger partial charge < -0.3 is 9.47 Å². The molecule has 1 amide bonds. The predicted octanol–water partition coefficient (Wildman–Crippen LogP) is 4.09. The molecule has 1 atom stereocenters. The van der Waals surface area contributed by atoms with Crippen LogP contribution in [0, 0.1) is 12.7 Å². The molecule has 1 aromatic heterocycles. The second-order valence-corrected chi connectivity index (χ2v) is 8.50. The molecule has 0 unspecified atom stereocenters. The Labute approximate surface area is 177 Å². The first kappa shape index (κ1) is 20.5. The molecule has 1 fully saturated rings. The molecule has 1 aliphatic rings. The van der Waals surface area contributed by atoms with Gasteiger partial charge in [-0.05, 0) is 57.0 Å². The van der Waals surface area contributed by atoms with Crippen LogP contribution in [0.4, 0.5) is 4.39 Å². The molecule has 0 saturated carbocycles. The number of rotatable bonds is 5. The third-order valence-corrected chi connectivity index (χ3v) is 6.24. The summed E-state index contributed by atoms with van der Waals surface area (Å²) in [4.78, 5) is 21.6. The van der Waals surface area contributed by atoms with Gasteiger partial charge in [0.2, 0.25) is 0 Å². The number of nitrogens with zero attached hydrogens (tertiary/aromatic N) is 4. The van der Waals surface area contributed by atoms with E-state index in [9.17, 15) is 9.18 Å². The molecule has 0 spiro atoms. The lowest BCUT2D eigenvalue weighted by molar-refractivity contribution is 0.0727. The number of carbonyl (C=O) groups is 1. The van der Waals surface area contributed by atoms with Crippen LogP contribution in [0.2, 0.25) is 0 Å². The van der Waals surface area contributed by atoms with E-state index in [2.05, 4.69) is 28.3 Å². The van der Waals surface area contributed by atoms with Gasteiger partial charge in [0.1, 0.15) is 11.6 Å². The van der Waals surface area contributed by atoms with Crippen LogP contribution in [-0.2, 0) is 6.54 Å². The highest BCUT2D eigenvalue weighted by atomic mass is 19.1. The summed E-state index contributed by atoms with van der Waals surface area (Å²) in [5.41, 5.74) is 2.89. The standard InChI is InChI=1S/C24H29FN4O/c1-16(2)28-12-11-19(15-28)27(4)24(30)20-10-9-18(13-21(20)25)14-29-17(3)26-22-7-5-6-8-23(22)29/h5-10,13,16,19H,11-12,14-15H2,1-4H3/t19-/m1/s1. The number of aryl methyl sites for hydroxylation is 1. The number of para-hydroxylation sites is 2. The lowest BCUT2D eigenvalue weighted by Crippen LogP contribution is -2.40. The zero-order chi connectivity index (χ0) is 21.4. The monoisotopic (exact) mass is 408 g/mol. The Balaban J connectivity index is 1.52. The van der Waals surface area contributed by atoms with E-state index in [0.717, 1.165) is 41.9 Å². The number of amides is 1. The second-order valence-electron chi connectivity index (χ2n) is 8.50. The fraction of sp³-hybridized carbons (Fsp3) is 0.417. The van der Waals surface area contributed by atoms with E-state index < -0.39 is 5.82 Å². The number of hydrogen-bond acceptors (Lipinski definition) is 3. The van der Waals surface area contributed by atoms with Crippen molar-refractivity contribution in [2.24, 2.45) is 0 Å². The van der Waals surface area contributed by atoms with E-state index in [-0.39, 0.29) is 17.5 Å². The Morgan fingerprint density at radius 2 is 2.03 bits per heavy atom. The van der Waals surface area contributed by atoms with Crippen LogP contribution < -0.4 is 0 Å². The smallest absolute Gasteiger partial charge is 0.256 e. The van der Waals surface area contributed by atoms with Crippen LogP contribution in [0.15, 0.2) is 42.5 Å². The molecule has 158 valence electrons. The van der Waals surface area contributed by atoms with Crippen LogP contribution in [-0.4, -0.2) is 57.5 Å². The molecule has 0 N–H and O–H groups in total. The summed E-state index contributed by atoms with van der Waals surface area (Å²) in [6.45, 7) is 8.60. The molecule has 0 bridgehead atoms. The number of aromatic nitrogens is 2. The van der Waals surface area contributed by atoms with Crippen LogP contribution in [0.5, 0.6) is 0 Å². The van der Waals surface area contributed by atoms with Gasteiger partial charge in [-0.25, -0.2) is 9.37 Å². The highest BCUT2D eigenvalue weighted by molar-refractivity contribution is 5.94. The van der Waals surface area contributed by atoms with Gasteiger partial charge >= 0.3 is 0 Å². The molecule has 0 aliphatic carbocycles. The Morgan fingerprint density at radius 3 is 2.73 bits per heavy atom. The molecule has 5 nitrogen and oxygen atoms in total.